The standard InChI is InChI=1S/C13H19N3O2/c1-3-9(7-14)13(18)16-11-5-4-10(12(15)17)6-8(11)2/h4-6,9H,3,7,14H2,1-2H3,(H2,15,17)(H,16,18). The molecule has 0 radical (unpaired) electrons. The summed E-state index contributed by atoms with van der Waals surface area (Å²) in [7, 11) is 0. The zero-order valence-electron chi connectivity index (χ0n) is 10.7. The lowest BCUT2D eigenvalue weighted by atomic mass is 10.0. The number of anilines is 1. The predicted octanol–water partition coefficient (Wildman–Crippen LogP) is 1.02. The summed E-state index contributed by atoms with van der Waals surface area (Å²) >= 11 is 0. The second-order valence-corrected chi connectivity index (χ2v) is 4.22. The molecule has 0 spiro atoms. The van der Waals surface area contributed by atoms with Crippen molar-refractivity contribution in [2.24, 2.45) is 17.4 Å². The topological polar surface area (TPSA) is 98.2 Å². The maximum Gasteiger partial charge on any atom is 0.248 e. The van der Waals surface area contributed by atoms with Gasteiger partial charge in [-0.15, -0.1) is 0 Å². The summed E-state index contributed by atoms with van der Waals surface area (Å²) in [6.45, 7) is 4.05. The van der Waals surface area contributed by atoms with E-state index in [-0.39, 0.29) is 11.8 Å². The third-order valence-corrected chi connectivity index (χ3v) is 2.92. The van der Waals surface area contributed by atoms with E-state index in [2.05, 4.69) is 5.32 Å². The first-order valence-electron chi connectivity index (χ1n) is 5.91. The van der Waals surface area contributed by atoms with E-state index in [9.17, 15) is 9.59 Å². The van der Waals surface area contributed by atoms with E-state index in [0.29, 0.717) is 24.2 Å². The summed E-state index contributed by atoms with van der Waals surface area (Å²) in [6, 6.07) is 4.92. The van der Waals surface area contributed by atoms with Crippen molar-refractivity contribution >= 4 is 17.5 Å². The molecule has 0 aromatic heterocycles. The van der Waals surface area contributed by atoms with E-state index in [1.54, 1.807) is 18.2 Å². The van der Waals surface area contributed by atoms with Crippen molar-refractivity contribution in [2.75, 3.05) is 11.9 Å². The van der Waals surface area contributed by atoms with Gasteiger partial charge in [0.25, 0.3) is 0 Å². The van der Waals surface area contributed by atoms with E-state index in [1.165, 1.54) is 0 Å². The first-order valence-corrected chi connectivity index (χ1v) is 5.91. The molecular formula is C13H19N3O2. The highest BCUT2D eigenvalue weighted by atomic mass is 16.2. The molecule has 5 heteroatoms. The summed E-state index contributed by atoms with van der Waals surface area (Å²) in [6.07, 6.45) is 0.695. The van der Waals surface area contributed by atoms with Gasteiger partial charge in [0.05, 0.1) is 5.92 Å². The van der Waals surface area contributed by atoms with E-state index in [4.69, 9.17) is 11.5 Å². The van der Waals surface area contributed by atoms with Crippen molar-refractivity contribution in [1.29, 1.82) is 0 Å². The van der Waals surface area contributed by atoms with Gasteiger partial charge in [-0.05, 0) is 37.1 Å². The number of nitrogens with two attached hydrogens (primary N) is 2. The molecule has 1 aromatic carbocycles. The average molecular weight is 249 g/mol. The minimum absolute atomic E-state index is 0.102. The molecule has 5 nitrogen and oxygen atoms in total. The van der Waals surface area contributed by atoms with Gasteiger partial charge in [-0.2, -0.15) is 0 Å². The second-order valence-electron chi connectivity index (χ2n) is 4.22. The molecular weight excluding hydrogens is 230 g/mol. The number of hydrogen-bond acceptors (Lipinski definition) is 3. The van der Waals surface area contributed by atoms with Crippen molar-refractivity contribution in [3.8, 4) is 0 Å². The third-order valence-electron chi connectivity index (χ3n) is 2.92. The van der Waals surface area contributed by atoms with Crippen LogP contribution in [0.4, 0.5) is 5.69 Å². The summed E-state index contributed by atoms with van der Waals surface area (Å²) in [4.78, 5) is 22.9. The van der Waals surface area contributed by atoms with Gasteiger partial charge in [0.2, 0.25) is 11.8 Å². The normalized spacial score (nSPS) is 11.9. The lowest BCUT2D eigenvalue weighted by Gasteiger charge is -2.14. The van der Waals surface area contributed by atoms with Crippen LogP contribution in [0.15, 0.2) is 18.2 Å². The van der Waals surface area contributed by atoms with Gasteiger partial charge in [-0.1, -0.05) is 6.92 Å². The third kappa shape index (κ3) is 3.30. The Labute approximate surface area is 107 Å². The summed E-state index contributed by atoms with van der Waals surface area (Å²) in [5.41, 5.74) is 12.6. The Kier molecular flexibility index (Phi) is 4.85. The molecule has 0 aliphatic heterocycles. The zero-order chi connectivity index (χ0) is 13.7. The van der Waals surface area contributed by atoms with Crippen molar-refractivity contribution < 1.29 is 9.59 Å². The molecule has 0 saturated heterocycles. The van der Waals surface area contributed by atoms with Gasteiger partial charge in [-0.3, -0.25) is 9.59 Å². The van der Waals surface area contributed by atoms with Gasteiger partial charge in [-0.25, -0.2) is 0 Å². The second kappa shape index (κ2) is 6.16. The Hall–Kier alpha value is -1.88. The molecule has 18 heavy (non-hydrogen) atoms. The monoisotopic (exact) mass is 249 g/mol. The molecule has 1 atom stereocenters. The number of nitrogens with one attached hydrogen (secondary N) is 1. The fraction of sp³-hybridized carbons (Fsp3) is 0.385. The smallest absolute Gasteiger partial charge is 0.248 e. The van der Waals surface area contributed by atoms with E-state index < -0.39 is 5.91 Å². The number of aryl methyl sites for hydroxylation is 1. The van der Waals surface area contributed by atoms with E-state index >= 15 is 0 Å². The Bertz CT molecular complexity index is 454. The van der Waals surface area contributed by atoms with Crippen LogP contribution in [0.3, 0.4) is 0 Å². The summed E-state index contributed by atoms with van der Waals surface area (Å²) in [5, 5.41) is 2.81. The van der Waals surface area contributed by atoms with Crippen LogP contribution in [0.5, 0.6) is 0 Å². The first kappa shape index (κ1) is 14.2. The maximum atomic E-state index is 11.9. The predicted molar refractivity (Wildman–Crippen MR) is 71.2 cm³/mol. The quantitative estimate of drug-likeness (QED) is 0.726. The number of benzene rings is 1. The molecule has 0 bridgehead atoms. The minimum Gasteiger partial charge on any atom is -0.366 e. The molecule has 1 rings (SSSR count). The van der Waals surface area contributed by atoms with Gasteiger partial charge in [0.1, 0.15) is 0 Å². The zero-order valence-corrected chi connectivity index (χ0v) is 10.7. The number of hydrogen-bond donors (Lipinski definition) is 3. The molecule has 1 unspecified atom stereocenters. The average Bonchev–Trinajstić information content (AvgIpc) is 2.33. The molecule has 98 valence electrons. The number of carbonyl (C=O) groups is 2. The highest BCUT2D eigenvalue weighted by Gasteiger charge is 2.15. The SMILES string of the molecule is CCC(CN)C(=O)Nc1ccc(C(N)=O)cc1C. The largest absolute Gasteiger partial charge is 0.366 e. The molecule has 0 heterocycles. The Balaban J connectivity index is 2.86. The van der Waals surface area contributed by atoms with Crippen LogP contribution < -0.4 is 16.8 Å². The molecule has 1 aromatic rings. The van der Waals surface area contributed by atoms with Crippen LogP contribution in [0.1, 0.15) is 29.3 Å². The van der Waals surface area contributed by atoms with Crippen molar-refractivity contribution in [2.45, 2.75) is 20.3 Å². The van der Waals surface area contributed by atoms with Crippen LogP contribution in [0, 0.1) is 12.8 Å². The van der Waals surface area contributed by atoms with Gasteiger partial charge in [0, 0.05) is 17.8 Å². The number of primary amides is 1. The van der Waals surface area contributed by atoms with Gasteiger partial charge in [0.15, 0.2) is 0 Å². The highest BCUT2D eigenvalue weighted by molar-refractivity contribution is 5.96. The number of amides is 2. The highest BCUT2D eigenvalue weighted by Crippen LogP contribution is 2.17. The van der Waals surface area contributed by atoms with Crippen molar-refractivity contribution in [1.82, 2.24) is 0 Å². The summed E-state index contributed by atoms with van der Waals surface area (Å²) < 4.78 is 0. The van der Waals surface area contributed by atoms with Crippen LogP contribution >= 0.6 is 0 Å². The number of rotatable bonds is 5. The molecule has 0 fully saturated rings. The van der Waals surface area contributed by atoms with Crippen molar-refractivity contribution in [3.05, 3.63) is 29.3 Å². The van der Waals surface area contributed by atoms with Gasteiger partial charge < -0.3 is 16.8 Å². The summed E-state index contributed by atoms with van der Waals surface area (Å²) in [5.74, 6) is -0.778. The molecule has 0 aliphatic carbocycles. The first-order chi connectivity index (χ1) is 8.49. The molecule has 5 N–H and O–H groups in total. The lowest BCUT2D eigenvalue weighted by Crippen LogP contribution is -2.28. The van der Waals surface area contributed by atoms with Crippen molar-refractivity contribution in [3.63, 3.8) is 0 Å². The van der Waals surface area contributed by atoms with E-state index in [1.807, 2.05) is 13.8 Å². The minimum atomic E-state index is -0.482. The Morgan fingerprint density at radius 2 is 2.06 bits per heavy atom. The fourth-order valence-electron chi connectivity index (χ4n) is 1.65. The molecule has 2 amide bonds. The fourth-order valence-corrected chi connectivity index (χ4v) is 1.65. The van der Waals surface area contributed by atoms with E-state index in [0.717, 1.165) is 5.56 Å². The van der Waals surface area contributed by atoms with Crippen LogP contribution in [0.25, 0.3) is 0 Å². The Morgan fingerprint density at radius 3 is 2.50 bits per heavy atom. The van der Waals surface area contributed by atoms with Crippen LogP contribution in [-0.4, -0.2) is 18.4 Å². The maximum absolute atomic E-state index is 11.9. The molecule has 0 saturated carbocycles. The Morgan fingerprint density at radius 1 is 1.39 bits per heavy atom. The number of carbonyl (C=O) groups excluding carboxylic acids is 2. The van der Waals surface area contributed by atoms with Crippen LogP contribution in [0.2, 0.25) is 0 Å². The lowest BCUT2D eigenvalue weighted by molar-refractivity contribution is -0.119. The van der Waals surface area contributed by atoms with Gasteiger partial charge >= 0.3 is 0 Å². The molecule has 0 aliphatic rings. The van der Waals surface area contributed by atoms with Crippen LogP contribution in [-0.2, 0) is 4.79 Å².